The molecule has 4 heteroatoms. The number of benzene rings is 1. The third kappa shape index (κ3) is 2.95. The Morgan fingerprint density at radius 2 is 2.05 bits per heavy atom. The standard InChI is InChI=1S/C16H18BrFN2/c17-14-10-12(6-7-15(14)18)11-20-9-8-19-16(20)13-4-2-1-3-5-13/h6-10,13H,1-5,11H2. The number of hydrogen-bond donors (Lipinski definition) is 0. The van der Waals surface area contributed by atoms with E-state index in [0.29, 0.717) is 10.4 Å². The van der Waals surface area contributed by atoms with Gasteiger partial charge in [-0.15, -0.1) is 0 Å². The van der Waals surface area contributed by atoms with Gasteiger partial charge in [-0.25, -0.2) is 9.37 Å². The summed E-state index contributed by atoms with van der Waals surface area (Å²) in [6.45, 7) is 0.755. The summed E-state index contributed by atoms with van der Waals surface area (Å²) >= 11 is 3.25. The fourth-order valence-electron chi connectivity index (χ4n) is 3.01. The van der Waals surface area contributed by atoms with Crippen molar-refractivity contribution in [2.24, 2.45) is 0 Å². The van der Waals surface area contributed by atoms with Gasteiger partial charge in [0.2, 0.25) is 0 Å². The van der Waals surface area contributed by atoms with Crippen LogP contribution in [0.25, 0.3) is 0 Å². The largest absolute Gasteiger partial charge is 0.330 e. The predicted molar refractivity (Wildman–Crippen MR) is 81.3 cm³/mol. The molecule has 0 N–H and O–H groups in total. The van der Waals surface area contributed by atoms with E-state index in [1.54, 1.807) is 0 Å². The van der Waals surface area contributed by atoms with Gasteiger partial charge >= 0.3 is 0 Å². The molecule has 0 saturated heterocycles. The average molecular weight is 337 g/mol. The van der Waals surface area contributed by atoms with Crippen molar-refractivity contribution in [2.45, 2.75) is 44.6 Å². The lowest BCUT2D eigenvalue weighted by atomic mass is 9.88. The third-order valence-corrected chi connectivity index (χ3v) is 4.66. The Morgan fingerprint density at radius 3 is 2.80 bits per heavy atom. The van der Waals surface area contributed by atoms with Gasteiger partial charge in [-0.05, 0) is 46.5 Å². The van der Waals surface area contributed by atoms with Crippen molar-refractivity contribution in [1.29, 1.82) is 0 Å². The monoisotopic (exact) mass is 336 g/mol. The summed E-state index contributed by atoms with van der Waals surface area (Å²) in [5, 5.41) is 0. The van der Waals surface area contributed by atoms with E-state index in [2.05, 4.69) is 25.5 Å². The number of hydrogen-bond acceptors (Lipinski definition) is 1. The Balaban J connectivity index is 1.80. The topological polar surface area (TPSA) is 17.8 Å². The van der Waals surface area contributed by atoms with E-state index in [-0.39, 0.29) is 5.82 Å². The summed E-state index contributed by atoms with van der Waals surface area (Å²) in [5.74, 6) is 1.56. The van der Waals surface area contributed by atoms with Crippen molar-refractivity contribution >= 4 is 15.9 Å². The third-order valence-electron chi connectivity index (χ3n) is 4.05. The molecule has 2 nitrogen and oxygen atoms in total. The highest BCUT2D eigenvalue weighted by Gasteiger charge is 2.19. The number of nitrogens with zero attached hydrogens (tertiary/aromatic N) is 2. The van der Waals surface area contributed by atoms with Crippen molar-refractivity contribution in [3.63, 3.8) is 0 Å². The second-order valence-corrected chi connectivity index (χ2v) is 6.35. The highest BCUT2D eigenvalue weighted by molar-refractivity contribution is 9.10. The van der Waals surface area contributed by atoms with E-state index < -0.39 is 0 Å². The molecule has 1 saturated carbocycles. The molecule has 2 aromatic rings. The normalized spacial score (nSPS) is 16.5. The number of aromatic nitrogens is 2. The summed E-state index contributed by atoms with van der Waals surface area (Å²) in [6.07, 6.45) is 10.3. The van der Waals surface area contributed by atoms with Crippen molar-refractivity contribution in [3.05, 3.63) is 52.3 Å². The lowest BCUT2D eigenvalue weighted by Crippen LogP contribution is -2.12. The second kappa shape index (κ2) is 6.08. The maximum atomic E-state index is 13.3. The summed E-state index contributed by atoms with van der Waals surface area (Å²) < 4.78 is 16.0. The van der Waals surface area contributed by atoms with Crippen LogP contribution in [0.2, 0.25) is 0 Å². The van der Waals surface area contributed by atoms with E-state index in [0.717, 1.165) is 12.1 Å². The van der Waals surface area contributed by atoms with Gasteiger partial charge in [0.1, 0.15) is 11.6 Å². The number of rotatable bonds is 3. The van der Waals surface area contributed by atoms with Crippen LogP contribution in [0.3, 0.4) is 0 Å². The van der Waals surface area contributed by atoms with Crippen LogP contribution in [0, 0.1) is 5.82 Å². The molecule has 0 aliphatic heterocycles. The predicted octanol–water partition coefficient (Wildman–Crippen LogP) is 4.88. The van der Waals surface area contributed by atoms with Gasteiger partial charge in [-0.2, -0.15) is 0 Å². The molecule has 0 bridgehead atoms. The lowest BCUT2D eigenvalue weighted by Gasteiger charge is -2.22. The van der Waals surface area contributed by atoms with Crippen LogP contribution < -0.4 is 0 Å². The van der Waals surface area contributed by atoms with Gasteiger partial charge in [0.15, 0.2) is 0 Å². The van der Waals surface area contributed by atoms with Crippen LogP contribution in [0.15, 0.2) is 35.1 Å². The quantitative estimate of drug-likeness (QED) is 0.780. The van der Waals surface area contributed by atoms with Gasteiger partial charge in [0, 0.05) is 24.9 Å². The van der Waals surface area contributed by atoms with Crippen LogP contribution in [0.1, 0.15) is 49.4 Å². The first kappa shape index (κ1) is 13.8. The molecule has 1 aliphatic rings. The van der Waals surface area contributed by atoms with Crippen molar-refractivity contribution in [2.75, 3.05) is 0 Å². The maximum absolute atomic E-state index is 13.3. The maximum Gasteiger partial charge on any atom is 0.137 e. The minimum atomic E-state index is -0.216. The van der Waals surface area contributed by atoms with E-state index in [9.17, 15) is 4.39 Å². The molecular formula is C16H18BrFN2. The average Bonchev–Trinajstić information content (AvgIpc) is 2.92. The Kier molecular flexibility index (Phi) is 4.20. The Morgan fingerprint density at radius 1 is 1.25 bits per heavy atom. The first-order valence-corrected chi connectivity index (χ1v) is 7.98. The van der Waals surface area contributed by atoms with Crippen LogP contribution in [-0.2, 0) is 6.54 Å². The zero-order valence-electron chi connectivity index (χ0n) is 11.4. The van der Waals surface area contributed by atoms with Crippen LogP contribution in [0.5, 0.6) is 0 Å². The minimum absolute atomic E-state index is 0.216. The van der Waals surface area contributed by atoms with Crippen molar-refractivity contribution < 1.29 is 4.39 Å². The molecule has 0 spiro atoms. The van der Waals surface area contributed by atoms with Gasteiger partial charge in [0.05, 0.1) is 4.47 Å². The SMILES string of the molecule is Fc1ccc(Cn2ccnc2C2CCCCC2)cc1Br. The molecule has 3 rings (SSSR count). The fourth-order valence-corrected chi connectivity index (χ4v) is 3.44. The molecule has 1 aliphatic carbocycles. The molecule has 1 aromatic carbocycles. The van der Waals surface area contributed by atoms with Gasteiger partial charge in [-0.3, -0.25) is 0 Å². The highest BCUT2D eigenvalue weighted by atomic mass is 79.9. The number of halogens is 2. The van der Waals surface area contributed by atoms with E-state index in [1.807, 2.05) is 24.5 Å². The van der Waals surface area contributed by atoms with Crippen LogP contribution in [-0.4, -0.2) is 9.55 Å². The van der Waals surface area contributed by atoms with Crippen LogP contribution in [0.4, 0.5) is 4.39 Å². The summed E-state index contributed by atoms with van der Waals surface area (Å²) in [5.41, 5.74) is 1.09. The van der Waals surface area contributed by atoms with Gasteiger partial charge < -0.3 is 4.57 Å². The van der Waals surface area contributed by atoms with Crippen molar-refractivity contribution in [1.82, 2.24) is 9.55 Å². The highest BCUT2D eigenvalue weighted by Crippen LogP contribution is 2.32. The van der Waals surface area contributed by atoms with Gasteiger partial charge in [0.25, 0.3) is 0 Å². The smallest absolute Gasteiger partial charge is 0.137 e. The molecule has 0 amide bonds. The summed E-state index contributed by atoms with van der Waals surface area (Å²) in [7, 11) is 0. The molecule has 1 heterocycles. The fraction of sp³-hybridized carbons (Fsp3) is 0.438. The first-order chi connectivity index (χ1) is 9.74. The Hall–Kier alpha value is -1.16. The minimum Gasteiger partial charge on any atom is -0.330 e. The Bertz CT molecular complexity index is 588. The molecule has 20 heavy (non-hydrogen) atoms. The first-order valence-electron chi connectivity index (χ1n) is 7.19. The molecule has 0 radical (unpaired) electrons. The van der Waals surface area contributed by atoms with Gasteiger partial charge in [-0.1, -0.05) is 25.3 Å². The summed E-state index contributed by atoms with van der Waals surface area (Å²) in [4.78, 5) is 4.55. The number of imidazole rings is 1. The second-order valence-electron chi connectivity index (χ2n) is 5.50. The molecule has 106 valence electrons. The summed E-state index contributed by atoms with van der Waals surface area (Å²) in [6, 6.07) is 5.20. The van der Waals surface area contributed by atoms with Crippen LogP contribution >= 0.6 is 15.9 Å². The molecular weight excluding hydrogens is 319 g/mol. The molecule has 0 atom stereocenters. The van der Waals surface area contributed by atoms with Crippen molar-refractivity contribution in [3.8, 4) is 0 Å². The Labute approximate surface area is 127 Å². The molecule has 1 aromatic heterocycles. The van der Waals surface area contributed by atoms with E-state index in [4.69, 9.17) is 0 Å². The van der Waals surface area contributed by atoms with E-state index in [1.165, 1.54) is 44.0 Å². The van der Waals surface area contributed by atoms with E-state index >= 15 is 0 Å². The zero-order valence-corrected chi connectivity index (χ0v) is 12.9. The molecule has 1 fully saturated rings. The molecule has 0 unspecified atom stereocenters. The zero-order chi connectivity index (χ0) is 13.9. The lowest BCUT2D eigenvalue weighted by molar-refractivity contribution is 0.418.